The predicted molar refractivity (Wildman–Crippen MR) is 76.7 cm³/mol. The molecule has 3 N–H and O–H groups in total. The van der Waals surface area contributed by atoms with Gasteiger partial charge >= 0.3 is 0 Å². The van der Waals surface area contributed by atoms with E-state index in [0.29, 0.717) is 5.92 Å². The van der Waals surface area contributed by atoms with Crippen LogP contribution in [0.3, 0.4) is 0 Å². The van der Waals surface area contributed by atoms with Gasteiger partial charge in [0.1, 0.15) is 0 Å². The topological polar surface area (TPSA) is 56.5 Å². The largest absolute Gasteiger partial charge is 0.377 e. The molecule has 0 aromatic rings. The average Bonchev–Trinajstić information content (AvgIpc) is 2.41. The van der Waals surface area contributed by atoms with Crippen molar-refractivity contribution in [3.63, 3.8) is 0 Å². The summed E-state index contributed by atoms with van der Waals surface area (Å²) in [6.45, 7) is 5.78. The van der Waals surface area contributed by atoms with Crippen molar-refractivity contribution >= 4 is 0 Å². The van der Waals surface area contributed by atoms with Crippen molar-refractivity contribution in [2.45, 2.75) is 76.5 Å². The monoisotopic (exact) mass is 270 g/mol. The molecule has 2 fully saturated rings. The Labute approximate surface area is 117 Å². The second-order valence-corrected chi connectivity index (χ2v) is 6.20. The lowest BCUT2D eigenvalue weighted by Gasteiger charge is -2.46. The Bertz CT molecular complexity index is 261. The van der Waals surface area contributed by atoms with E-state index in [1.807, 2.05) is 6.92 Å². The molecule has 0 radical (unpaired) electrons. The third-order valence-electron chi connectivity index (χ3n) is 4.93. The molecule has 1 aliphatic carbocycles. The first-order valence-corrected chi connectivity index (χ1v) is 7.92. The van der Waals surface area contributed by atoms with Crippen LogP contribution >= 0.6 is 0 Å². The quantitative estimate of drug-likeness (QED) is 0.595. The van der Waals surface area contributed by atoms with Gasteiger partial charge in [-0.3, -0.25) is 11.3 Å². The van der Waals surface area contributed by atoms with Gasteiger partial charge in [0.25, 0.3) is 0 Å². The van der Waals surface area contributed by atoms with Crippen molar-refractivity contribution < 1.29 is 9.47 Å². The van der Waals surface area contributed by atoms with Gasteiger partial charge in [0.15, 0.2) is 0 Å². The summed E-state index contributed by atoms with van der Waals surface area (Å²) in [7, 11) is 0. The molecule has 2 aliphatic rings. The number of hydrazine groups is 1. The first-order chi connectivity index (χ1) is 9.21. The molecule has 0 aromatic carbocycles. The molecule has 112 valence electrons. The number of nitrogens with two attached hydrogens (primary N) is 1. The highest BCUT2D eigenvalue weighted by Gasteiger charge is 2.41. The second kappa shape index (κ2) is 7.02. The van der Waals surface area contributed by atoms with Crippen LogP contribution < -0.4 is 11.3 Å². The van der Waals surface area contributed by atoms with Crippen molar-refractivity contribution in [3.05, 3.63) is 0 Å². The number of nitrogens with one attached hydrogen (secondary N) is 1. The van der Waals surface area contributed by atoms with E-state index >= 15 is 0 Å². The summed E-state index contributed by atoms with van der Waals surface area (Å²) >= 11 is 0. The molecule has 1 spiro atoms. The van der Waals surface area contributed by atoms with E-state index < -0.39 is 0 Å². The van der Waals surface area contributed by atoms with Crippen LogP contribution in [0.5, 0.6) is 0 Å². The van der Waals surface area contributed by atoms with Crippen LogP contribution in [0.4, 0.5) is 0 Å². The SMILES string of the molecule is CCOC(C)C(NN)C1CCOC2(CCCCC2)C1. The molecule has 0 aromatic heterocycles. The maximum absolute atomic E-state index is 6.16. The van der Waals surface area contributed by atoms with Crippen molar-refractivity contribution in [1.29, 1.82) is 0 Å². The molecular formula is C15H30N2O2. The van der Waals surface area contributed by atoms with Crippen LogP contribution in [0, 0.1) is 5.92 Å². The molecule has 3 unspecified atom stereocenters. The smallest absolute Gasteiger partial charge is 0.0715 e. The van der Waals surface area contributed by atoms with E-state index in [1.54, 1.807) is 0 Å². The van der Waals surface area contributed by atoms with Crippen LogP contribution in [0.15, 0.2) is 0 Å². The lowest BCUT2D eigenvalue weighted by Crippen LogP contribution is -2.53. The van der Waals surface area contributed by atoms with Gasteiger partial charge in [0, 0.05) is 19.3 Å². The summed E-state index contributed by atoms with van der Waals surface area (Å²) in [6.07, 6.45) is 8.84. The zero-order chi connectivity index (χ0) is 13.7. The number of rotatable bonds is 5. The molecule has 4 heteroatoms. The fourth-order valence-corrected chi connectivity index (χ4v) is 3.94. The highest BCUT2D eigenvalue weighted by Crippen LogP contribution is 2.41. The molecule has 19 heavy (non-hydrogen) atoms. The van der Waals surface area contributed by atoms with E-state index in [9.17, 15) is 0 Å². The van der Waals surface area contributed by atoms with Gasteiger partial charge in [-0.05, 0) is 45.4 Å². The zero-order valence-electron chi connectivity index (χ0n) is 12.5. The number of hydrogen-bond acceptors (Lipinski definition) is 4. The molecule has 0 amide bonds. The van der Waals surface area contributed by atoms with Crippen LogP contribution in [0.2, 0.25) is 0 Å². The zero-order valence-corrected chi connectivity index (χ0v) is 12.5. The summed E-state index contributed by atoms with van der Waals surface area (Å²) in [5.74, 6) is 6.35. The Balaban J connectivity index is 1.98. The first-order valence-electron chi connectivity index (χ1n) is 7.92. The minimum absolute atomic E-state index is 0.141. The summed E-state index contributed by atoms with van der Waals surface area (Å²) in [4.78, 5) is 0. The van der Waals surface area contributed by atoms with Crippen LogP contribution in [0.1, 0.15) is 58.8 Å². The Morgan fingerprint density at radius 2 is 2.11 bits per heavy atom. The van der Waals surface area contributed by atoms with Gasteiger partial charge in [-0.2, -0.15) is 0 Å². The third-order valence-corrected chi connectivity index (χ3v) is 4.93. The van der Waals surface area contributed by atoms with E-state index in [1.165, 1.54) is 32.1 Å². The Morgan fingerprint density at radius 3 is 2.74 bits per heavy atom. The lowest BCUT2D eigenvalue weighted by molar-refractivity contribution is -0.128. The first kappa shape index (κ1) is 15.2. The minimum Gasteiger partial charge on any atom is -0.377 e. The standard InChI is InChI=1S/C15H30N2O2/c1-3-18-12(2)14(17-16)13-7-10-19-15(11-13)8-5-4-6-9-15/h12-14,17H,3-11,16H2,1-2H3. The van der Waals surface area contributed by atoms with E-state index in [2.05, 4.69) is 12.3 Å². The minimum atomic E-state index is 0.141. The van der Waals surface area contributed by atoms with Crippen LogP contribution in [-0.2, 0) is 9.47 Å². The Morgan fingerprint density at radius 1 is 1.37 bits per heavy atom. The fraction of sp³-hybridized carbons (Fsp3) is 1.00. The van der Waals surface area contributed by atoms with E-state index in [4.69, 9.17) is 15.3 Å². The molecule has 4 nitrogen and oxygen atoms in total. The normalized spacial score (nSPS) is 30.2. The summed E-state index contributed by atoms with van der Waals surface area (Å²) < 4.78 is 11.9. The van der Waals surface area contributed by atoms with Crippen molar-refractivity contribution in [1.82, 2.24) is 5.43 Å². The maximum atomic E-state index is 6.16. The summed E-state index contributed by atoms with van der Waals surface area (Å²) in [5, 5.41) is 0. The van der Waals surface area contributed by atoms with Crippen molar-refractivity contribution in [2.75, 3.05) is 13.2 Å². The molecule has 1 heterocycles. The van der Waals surface area contributed by atoms with Crippen LogP contribution in [-0.4, -0.2) is 31.0 Å². The number of hydrogen-bond donors (Lipinski definition) is 2. The van der Waals surface area contributed by atoms with Gasteiger partial charge in [-0.1, -0.05) is 19.3 Å². The molecular weight excluding hydrogens is 240 g/mol. The van der Waals surface area contributed by atoms with E-state index in [-0.39, 0.29) is 17.7 Å². The fourth-order valence-electron chi connectivity index (χ4n) is 3.94. The van der Waals surface area contributed by atoms with Gasteiger partial charge < -0.3 is 9.47 Å². The molecule has 1 saturated carbocycles. The Hall–Kier alpha value is -0.160. The molecule has 1 aliphatic heterocycles. The van der Waals surface area contributed by atoms with Crippen LogP contribution in [0.25, 0.3) is 0 Å². The van der Waals surface area contributed by atoms with Crippen molar-refractivity contribution in [2.24, 2.45) is 11.8 Å². The van der Waals surface area contributed by atoms with Gasteiger partial charge in [0.05, 0.1) is 11.7 Å². The Kier molecular flexibility index (Phi) is 5.63. The maximum Gasteiger partial charge on any atom is 0.0715 e. The highest BCUT2D eigenvalue weighted by atomic mass is 16.5. The molecule has 3 atom stereocenters. The van der Waals surface area contributed by atoms with Gasteiger partial charge in [-0.25, -0.2) is 0 Å². The van der Waals surface area contributed by atoms with Crippen molar-refractivity contribution in [3.8, 4) is 0 Å². The van der Waals surface area contributed by atoms with Gasteiger partial charge in [0.2, 0.25) is 0 Å². The van der Waals surface area contributed by atoms with Gasteiger partial charge in [-0.15, -0.1) is 0 Å². The summed E-state index contributed by atoms with van der Waals surface area (Å²) in [6, 6.07) is 0.239. The summed E-state index contributed by atoms with van der Waals surface area (Å²) in [5.41, 5.74) is 3.14. The average molecular weight is 270 g/mol. The molecule has 2 rings (SSSR count). The second-order valence-electron chi connectivity index (χ2n) is 6.20. The lowest BCUT2D eigenvalue weighted by atomic mass is 9.73. The third kappa shape index (κ3) is 3.69. The molecule has 1 saturated heterocycles. The molecule has 0 bridgehead atoms. The number of ether oxygens (including phenoxy) is 2. The predicted octanol–water partition coefficient (Wildman–Crippen LogP) is 2.37. The van der Waals surface area contributed by atoms with E-state index in [0.717, 1.165) is 26.1 Å². The highest BCUT2D eigenvalue weighted by molar-refractivity contribution is 4.94.